The Morgan fingerprint density at radius 3 is 2.39 bits per heavy atom. The van der Waals surface area contributed by atoms with Crippen molar-refractivity contribution in [2.45, 2.75) is 106 Å². The predicted octanol–water partition coefficient (Wildman–Crippen LogP) is -3.19. The van der Waals surface area contributed by atoms with Gasteiger partial charge in [-0.1, -0.05) is 6.92 Å². The van der Waals surface area contributed by atoms with Gasteiger partial charge in [0.05, 0.1) is 50.2 Å². The molecule has 3 heterocycles. The van der Waals surface area contributed by atoms with Gasteiger partial charge in [-0.25, -0.2) is 4.39 Å². The van der Waals surface area contributed by atoms with Gasteiger partial charge in [-0.3, -0.25) is 10.4 Å². The zero-order valence-electron chi connectivity index (χ0n) is 23.4. The lowest BCUT2D eigenvalue weighted by molar-refractivity contribution is -0.313. The number of ether oxygens (including phenoxy) is 5. The smallest absolute Gasteiger partial charge is 0.184 e. The summed E-state index contributed by atoms with van der Waals surface area (Å²) in [5.74, 6) is -0.986. The number of alkyl halides is 1. The molecule has 4 fully saturated rings. The Morgan fingerprint density at radius 1 is 1.07 bits per heavy atom. The molecule has 16 heteroatoms. The summed E-state index contributed by atoms with van der Waals surface area (Å²) in [7, 11) is 0. The first kappa shape index (κ1) is 32.3. The maximum Gasteiger partial charge on any atom is 0.184 e. The summed E-state index contributed by atoms with van der Waals surface area (Å²) < 4.78 is 41.6. The highest BCUT2D eigenvalue weighted by molar-refractivity contribution is 5.89. The van der Waals surface area contributed by atoms with Gasteiger partial charge >= 0.3 is 0 Å². The van der Waals surface area contributed by atoms with Crippen molar-refractivity contribution in [1.29, 1.82) is 5.41 Å². The Labute approximate surface area is 238 Å². The fraction of sp³-hybridized carbons (Fsp3) is 0.920. The van der Waals surface area contributed by atoms with E-state index in [1.54, 1.807) is 13.8 Å². The number of hydrogen-bond acceptors (Lipinski definition) is 13. The van der Waals surface area contributed by atoms with Crippen LogP contribution in [0.15, 0.2) is 4.99 Å². The number of aliphatic hydroxyl groups is 4. The Hall–Kier alpha value is -1.57. The highest BCUT2D eigenvalue weighted by atomic mass is 19.1. The van der Waals surface area contributed by atoms with Crippen LogP contribution < -0.4 is 22.5 Å². The second-order valence-electron chi connectivity index (χ2n) is 11.9. The van der Waals surface area contributed by atoms with Crippen LogP contribution in [0, 0.1) is 11.3 Å². The fourth-order valence-electron chi connectivity index (χ4n) is 5.41. The molecule has 4 rings (SSSR count). The number of aliphatic hydroxyl groups excluding tert-OH is 2. The molecule has 12 atom stereocenters. The molecule has 1 saturated carbocycles. The van der Waals surface area contributed by atoms with Crippen LogP contribution >= 0.6 is 0 Å². The topological polar surface area (TPSA) is 253 Å². The molecule has 3 aliphatic heterocycles. The Morgan fingerprint density at radius 2 is 1.76 bits per heavy atom. The molecule has 0 amide bonds. The molecule has 4 aliphatic rings. The summed E-state index contributed by atoms with van der Waals surface area (Å²) >= 11 is 0. The third-order valence-corrected chi connectivity index (χ3v) is 8.52. The maximum absolute atomic E-state index is 12.7. The summed E-state index contributed by atoms with van der Waals surface area (Å²) in [6, 6.07) is -2.12. The lowest BCUT2D eigenvalue weighted by Gasteiger charge is -2.49. The summed E-state index contributed by atoms with van der Waals surface area (Å²) in [5, 5.41) is 54.8. The van der Waals surface area contributed by atoms with E-state index >= 15 is 0 Å². The second-order valence-corrected chi connectivity index (χ2v) is 11.9. The van der Waals surface area contributed by atoms with Crippen LogP contribution in [0.1, 0.15) is 33.1 Å². The third kappa shape index (κ3) is 7.15. The molecule has 41 heavy (non-hydrogen) atoms. The Bertz CT molecular complexity index is 943. The van der Waals surface area contributed by atoms with Crippen LogP contribution in [0.5, 0.6) is 0 Å². The minimum Gasteiger partial charge on any atom is -0.388 e. The lowest BCUT2D eigenvalue weighted by atomic mass is 9.82. The van der Waals surface area contributed by atoms with Crippen LogP contribution in [0.2, 0.25) is 0 Å². The molecule has 236 valence electrons. The van der Waals surface area contributed by atoms with Crippen molar-refractivity contribution >= 4 is 11.7 Å². The highest BCUT2D eigenvalue weighted by Gasteiger charge is 2.52. The van der Waals surface area contributed by atoms with Gasteiger partial charge in [-0.15, -0.1) is 0 Å². The van der Waals surface area contributed by atoms with Crippen molar-refractivity contribution in [3.05, 3.63) is 0 Å². The molecule has 0 bridgehead atoms. The predicted molar refractivity (Wildman–Crippen MR) is 143 cm³/mol. The monoisotopic (exact) mass is 592 g/mol. The average Bonchev–Trinajstić information content (AvgIpc) is 2.91. The SMILES string of the molecule is C[C@@H]1C(O)[C@@H](OC2C(O)C(O[C@H]3O[C@H](CN=C(N)CF)CCC3N)[C@@H](N)C[C@H]2NC(=N)C2(O)COC2)OCC1(C)O. The fourth-order valence-corrected chi connectivity index (χ4v) is 5.41. The number of rotatable bonds is 9. The van der Waals surface area contributed by atoms with Crippen LogP contribution in [0.25, 0.3) is 0 Å². The van der Waals surface area contributed by atoms with E-state index in [0.29, 0.717) is 12.8 Å². The Balaban J connectivity index is 1.50. The summed E-state index contributed by atoms with van der Waals surface area (Å²) in [5.41, 5.74) is 15.4. The maximum atomic E-state index is 12.7. The van der Waals surface area contributed by atoms with Gasteiger partial charge in [0.15, 0.2) is 18.2 Å². The number of nitrogens with two attached hydrogens (primary N) is 3. The molecular formula is C25H45FN6O9. The molecule has 0 aromatic heterocycles. The first-order valence-corrected chi connectivity index (χ1v) is 13.9. The number of aliphatic imine (C=N–C) groups is 1. The summed E-state index contributed by atoms with van der Waals surface area (Å²) in [6.45, 7) is 2.20. The van der Waals surface area contributed by atoms with Gasteiger partial charge in [0.25, 0.3) is 0 Å². The van der Waals surface area contributed by atoms with Crippen LogP contribution in [0.3, 0.4) is 0 Å². The number of nitrogens with one attached hydrogen (secondary N) is 2. The van der Waals surface area contributed by atoms with E-state index in [1.165, 1.54) is 0 Å². The minimum atomic E-state index is -1.51. The van der Waals surface area contributed by atoms with Gasteiger partial charge in [-0.05, 0) is 26.2 Å². The molecule has 3 saturated heterocycles. The lowest BCUT2D eigenvalue weighted by Crippen LogP contribution is -2.70. The van der Waals surface area contributed by atoms with Gasteiger partial charge in [0.1, 0.15) is 42.8 Å². The van der Waals surface area contributed by atoms with E-state index in [4.69, 9.17) is 46.3 Å². The van der Waals surface area contributed by atoms with E-state index < -0.39 is 85.0 Å². The van der Waals surface area contributed by atoms with E-state index in [-0.39, 0.29) is 44.5 Å². The van der Waals surface area contributed by atoms with Crippen molar-refractivity contribution in [1.82, 2.24) is 5.32 Å². The number of amidine groups is 2. The van der Waals surface area contributed by atoms with E-state index in [1.807, 2.05) is 0 Å². The van der Waals surface area contributed by atoms with Gasteiger partial charge < -0.3 is 66.6 Å². The number of hydrogen-bond donors (Lipinski definition) is 9. The second kappa shape index (κ2) is 13.0. The molecule has 6 unspecified atom stereocenters. The molecule has 12 N–H and O–H groups in total. The number of nitrogens with zero attached hydrogens (tertiary/aromatic N) is 1. The van der Waals surface area contributed by atoms with Gasteiger partial charge in [-0.2, -0.15) is 0 Å². The molecule has 0 spiro atoms. The standard InChI is InChI=1S/C25H45FN6O9/c1-11-17(33)22(38-8-24(11,2)35)41-20-15(32-23(30)25(36)9-37-10-25)5-14(28)19(18(20)34)40-21-13(27)4-3-12(39-21)7-31-16(29)6-26/h11-15,17-22,33-36H,3-10,27-28H2,1-2H3,(H2,29,31)(H2,30,32)/t11-,12+,13?,14+,15-,17?,18?,19?,20?,21-,22-,24?/m1/s1. The van der Waals surface area contributed by atoms with Crippen molar-refractivity contribution in [3.63, 3.8) is 0 Å². The average molecular weight is 593 g/mol. The normalized spacial score (nSPS) is 45.1. The molecule has 1 aliphatic carbocycles. The molecule has 0 radical (unpaired) electrons. The molecular weight excluding hydrogens is 547 g/mol. The zero-order chi connectivity index (χ0) is 30.1. The number of halogens is 1. The summed E-state index contributed by atoms with van der Waals surface area (Å²) in [4.78, 5) is 3.96. The van der Waals surface area contributed by atoms with Crippen LogP contribution in [0.4, 0.5) is 4.39 Å². The highest BCUT2D eigenvalue weighted by Crippen LogP contribution is 2.34. The van der Waals surface area contributed by atoms with Crippen molar-refractivity contribution < 1.29 is 48.5 Å². The van der Waals surface area contributed by atoms with Crippen LogP contribution in [-0.2, 0) is 23.7 Å². The van der Waals surface area contributed by atoms with Crippen molar-refractivity contribution in [2.75, 3.05) is 33.0 Å². The molecule has 15 nitrogen and oxygen atoms in total. The van der Waals surface area contributed by atoms with E-state index in [9.17, 15) is 24.8 Å². The largest absolute Gasteiger partial charge is 0.388 e. The van der Waals surface area contributed by atoms with Gasteiger partial charge in [0.2, 0.25) is 0 Å². The van der Waals surface area contributed by atoms with Crippen molar-refractivity contribution in [2.24, 2.45) is 28.1 Å². The zero-order valence-corrected chi connectivity index (χ0v) is 23.4. The minimum absolute atomic E-state index is 0.0619. The van der Waals surface area contributed by atoms with E-state index in [0.717, 1.165) is 0 Å². The van der Waals surface area contributed by atoms with E-state index in [2.05, 4.69) is 10.3 Å². The summed E-state index contributed by atoms with van der Waals surface area (Å²) in [6.07, 6.45) is -6.26. The molecule has 0 aromatic carbocycles. The molecule has 0 aromatic rings. The quantitative estimate of drug-likeness (QED) is 0.0946. The van der Waals surface area contributed by atoms with Gasteiger partial charge in [0, 0.05) is 12.0 Å². The first-order chi connectivity index (χ1) is 19.3. The van der Waals surface area contributed by atoms with Crippen LogP contribution in [-0.4, -0.2) is 138 Å². The third-order valence-electron chi connectivity index (χ3n) is 8.52. The first-order valence-electron chi connectivity index (χ1n) is 13.9. The Kier molecular flexibility index (Phi) is 10.2. The van der Waals surface area contributed by atoms with Crippen molar-refractivity contribution in [3.8, 4) is 0 Å².